The summed E-state index contributed by atoms with van der Waals surface area (Å²) in [7, 11) is 0. The Morgan fingerprint density at radius 2 is 1.81 bits per heavy atom. The van der Waals surface area contributed by atoms with Crippen LogP contribution in [0.25, 0.3) is 0 Å². The Hall–Kier alpha value is -1.35. The minimum atomic E-state index is -0.309. The molecule has 0 aromatic heterocycles. The maximum atomic E-state index is 11.0. The number of aliphatic hydroxyl groups is 1. The van der Waals surface area contributed by atoms with Gasteiger partial charge in [0.15, 0.2) is 0 Å². The van der Waals surface area contributed by atoms with E-state index in [1.165, 1.54) is 18.1 Å². The molecule has 1 rings (SSSR count). The van der Waals surface area contributed by atoms with E-state index in [-0.39, 0.29) is 18.6 Å². The van der Waals surface area contributed by atoms with Crippen LogP contribution in [0.5, 0.6) is 0 Å². The van der Waals surface area contributed by atoms with Gasteiger partial charge in [0.2, 0.25) is 5.91 Å². The number of nitrogens with one attached hydrogen (secondary N) is 1. The van der Waals surface area contributed by atoms with E-state index in [2.05, 4.69) is 18.3 Å². The largest absolute Gasteiger partial charge is 0.394 e. The molecule has 0 aliphatic rings. The molecule has 0 bridgehead atoms. The van der Waals surface area contributed by atoms with Gasteiger partial charge < -0.3 is 10.4 Å². The highest BCUT2D eigenvalue weighted by Crippen LogP contribution is 2.21. The zero-order valence-electron chi connectivity index (χ0n) is 10.3. The van der Waals surface area contributed by atoms with Crippen LogP contribution in [-0.2, 0) is 4.79 Å². The van der Waals surface area contributed by atoms with Crippen LogP contribution in [0.2, 0.25) is 0 Å². The van der Waals surface area contributed by atoms with Gasteiger partial charge >= 0.3 is 0 Å². The van der Waals surface area contributed by atoms with Crippen LogP contribution in [0.1, 0.15) is 35.2 Å². The third-order valence-corrected chi connectivity index (χ3v) is 2.82. The van der Waals surface area contributed by atoms with Crippen molar-refractivity contribution in [1.82, 2.24) is 5.32 Å². The monoisotopic (exact) mass is 221 g/mol. The van der Waals surface area contributed by atoms with Crippen molar-refractivity contribution in [2.75, 3.05) is 6.61 Å². The molecule has 2 N–H and O–H groups in total. The number of carbonyl (C=O) groups is 1. The summed E-state index contributed by atoms with van der Waals surface area (Å²) in [6, 6.07) is 3.80. The molecule has 0 saturated heterocycles. The highest BCUT2D eigenvalue weighted by atomic mass is 16.3. The fourth-order valence-electron chi connectivity index (χ4n) is 1.83. The average Bonchev–Trinajstić information content (AvgIpc) is 2.20. The van der Waals surface area contributed by atoms with Crippen LogP contribution in [0.15, 0.2) is 12.1 Å². The van der Waals surface area contributed by atoms with Gasteiger partial charge in [0, 0.05) is 6.92 Å². The third-order valence-electron chi connectivity index (χ3n) is 2.82. The van der Waals surface area contributed by atoms with Crippen LogP contribution >= 0.6 is 0 Å². The Morgan fingerprint density at radius 3 is 2.31 bits per heavy atom. The van der Waals surface area contributed by atoms with Crippen molar-refractivity contribution >= 4 is 5.91 Å². The number of amides is 1. The lowest BCUT2D eigenvalue weighted by Gasteiger charge is -2.19. The molecule has 16 heavy (non-hydrogen) atoms. The smallest absolute Gasteiger partial charge is 0.217 e. The summed E-state index contributed by atoms with van der Waals surface area (Å²) in [4.78, 5) is 11.0. The lowest BCUT2D eigenvalue weighted by molar-refractivity contribution is -0.120. The SMILES string of the molecule is CC(=O)NC(CO)c1cc(C)c(C)cc1C. The number of aliphatic hydroxyl groups excluding tert-OH is 1. The molecule has 0 fully saturated rings. The fraction of sp³-hybridized carbons (Fsp3) is 0.462. The Labute approximate surface area is 96.5 Å². The number of carbonyl (C=O) groups excluding carboxylic acids is 1. The Morgan fingerprint density at radius 1 is 1.25 bits per heavy atom. The van der Waals surface area contributed by atoms with Gasteiger partial charge in [0.25, 0.3) is 0 Å². The molecule has 1 unspecified atom stereocenters. The summed E-state index contributed by atoms with van der Waals surface area (Å²) in [5, 5.41) is 12.0. The molecule has 3 heteroatoms. The van der Waals surface area contributed by atoms with Crippen LogP contribution in [0.3, 0.4) is 0 Å². The van der Waals surface area contributed by atoms with Crippen LogP contribution in [0.4, 0.5) is 0 Å². The van der Waals surface area contributed by atoms with Crippen molar-refractivity contribution < 1.29 is 9.90 Å². The first-order chi connectivity index (χ1) is 7.45. The first-order valence-electron chi connectivity index (χ1n) is 5.41. The number of benzene rings is 1. The summed E-state index contributed by atoms with van der Waals surface area (Å²) >= 11 is 0. The second kappa shape index (κ2) is 5.12. The second-order valence-electron chi connectivity index (χ2n) is 4.23. The molecule has 1 aromatic rings. The topological polar surface area (TPSA) is 49.3 Å². The Kier molecular flexibility index (Phi) is 4.07. The maximum absolute atomic E-state index is 11.0. The van der Waals surface area contributed by atoms with Crippen LogP contribution in [0, 0.1) is 20.8 Å². The maximum Gasteiger partial charge on any atom is 0.217 e. The predicted molar refractivity (Wildman–Crippen MR) is 64.3 cm³/mol. The van der Waals surface area contributed by atoms with E-state index in [0.29, 0.717) is 0 Å². The van der Waals surface area contributed by atoms with Gasteiger partial charge in [-0.05, 0) is 43.0 Å². The van der Waals surface area contributed by atoms with Crippen molar-refractivity contribution in [3.8, 4) is 0 Å². The van der Waals surface area contributed by atoms with Crippen LogP contribution < -0.4 is 5.32 Å². The van der Waals surface area contributed by atoms with E-state index >= 15 is 0 Å². The van der Waals surface area contributed by atoms with Gasteiger partial charge in [-0.15, -0.1) is 0 Å². The van der Waals surface area contributed by atoms with Gasteiger partial charge in [-0.25, -0.2) is 0 Å². The zero-order chi connectivity index (χ0) is 12.3. The van der Waals surface area contributed by atoms with Gasteiger partial charge in [0.1, 0.15) is 0 Å². The minimum Gasteiger partial charge on any atom is -0.394 e. The molecule has 0 heterocycles. The molecule has 0 spiro atoms. The summed E-state index contributed by atoms with van der Waals surface area (Å²) in [6.45, 7) is 7.45. The molecule has 1 aromatic carbocycles. The lowest BCUT2D eigenvalue weighted by Crippen LogP contribution is -2.29. The Bertz CT molecular complexity index is 399. The van der Waals surface area contributed by atoms with Gasteiger partial charge in [-0.2, -0.15) is 0 Å². The summed E-state index contributed by atoms with van der Waals surface area (Å²) in [6.07, 6.45) is 0. The molecule has 0 aliphatic carbocycles. The van der Waals surface area contributed by atoms with Crippen molar-refractivity contribution in [2.24, 2.45) is 0 Å². The standard InChI is InChI=1S/C13H19NO2/c1-8-5-10(3)12(6-9(8)2)13(7-15)14-11(4)16/h5-6,13,15H,7H2,1-4H3,(H,14,16). The van der Waals surface area contributed by atoms with Crippen molar-refractivity contribution in [1.29, 1.82) is 0 Å². The molecule has 0 saturated carbocycles. The number of rotatable bonds is 3. The van der Waals surface area contributed by atoms with Gasteiger partial charge in [-0.3, -0.25) is 4.79 Å². The van der Waals surface area contributed by atoms with Crippen molar-refractivity contribution in [3.05, 3.63) is 34.4 Å². The molecule has 0 aliphatic heterocycles. The predicted octanol–water partition coefficient (Wildman–Crippen LogP) is 1.78. The van der Waals surface area contributed by atoms with Crippen molar-refractivity contribution in [2.45, 2.75) is 33.7 Å². The molecule has 88 valence electrons. The molecular weight excluding hydrogens is 202 g/mol. The zero-order valence-corrected chi connectivity index (χ0v) is 10.3. The number of aryl methyl sites for hydroxylation is 3. The molecular formula is C13H19NO2. The van der Waals surface area contributed by atoms with E-state index in [0.717, 1.165) is 11.1 Å². The highest BCUT2D eigenvalue weighted by molar-refractivity contribution is 5.73. The summed E-state index contributed by atoms with van der Waals surface area (Å²) in [5.74, 6) is -0.128. The number of hydrogen-bond donors (Lipinski definition) is 2. The lowest BCUT2D eigenvalue weighted by atomic mass is 9.96. The van der Waals surface area contributed by atoms with E-state index in [1.807, 2.05) is 19.9 Å². The fourth-order valence-corrected chi connectivity index (χ4v) is 1.83. The third kappa shape index (κ3) is 2.83. The van der Waals surface area contributed by atoms with Gasteiger partial charge in [-0.1, -0.05) is 12.1 Å². The Balaban J connectivity index is 3.09. The molecule has 3 nitrogen and oxygen atoms in total. The molecule has 1 amide bonds. The number of hydrogen-bond acceptors (Lipinski definition) is 2. The van der Waals surface area contributed by atoms with E-state index in [9.17, 15) is 9.90 Å². The van der Waals surface area contributed by atoms with E-state index in [1.54, 1.807) is 0 Å². The normalized spacial score (nSPS) is 12.3. The van der Waals surface area contributed by atoms with Crippen molar-refractivity contribution in [3.63, 3.8) is 0 Å². The highest BCUT2D eigenvalue weighted by Gasteiger charge is 2.14. The van der Waals surface area contributed by atoms with E-state index < -0.39 is 0 Å². The molecule has 1 atom stereocenters. The molecule has 0 radical (unpaired) electrons. The van der Waals surface area contributed by atoms with E-state index in [4.69, 9.17) is 0 Å². The quantitative estimate of drug-likeness (QED) is 0.817. The second-order valence-corrected chi connectivity index (χ2v) is 4.23. The average molecular weight is 221 g/mol. The summed E-state index contributed by atoms with van der Waals surface area (Å²) in [5.41, 5.74) is 4.47. The summed E-state index contributed by atoms with van der Waals surface area (Å²) < 4.78 is 0. The minimum absolute atomic E-state index is 0.0804. The first-order valence-corrected chi connectivity index (χ1v) is 5.41. The van der Waals surface area contributed by atoms with Gasteiger partial charge in [0.05, 0.1) is 12.6 Å². The first kappa shape index (κ1) is 12.7. The van der Waals surface area contributed by atoms with Crippen LogP contribution in [-0.4, -0.2) is 17.6 Å².